The minimum absolute atomic E-state index is 0.0671. The largest absolute Gasteiger partial charge is 0.508 e. The minimum atomic E-state index is -0.288. The lowest BCUT2D eigenvalue weighted by Gasteiger charge is -2.17. The first-order chi connectivity index (χ1) is 14.5. The van der Waals surface area contributed by atoms with Gasteiger partial charge in [-0.2, -0.15) is 0 Å². The summed E-state index contributed by atoms with van der Waals surface area (Å²) in [6.07, 6.45) is 1.75. The number of benzene rings is 2. The van der Waals surface area contributed by atoms with E-state index >= 15 is 0 Å². The highest BCUT2D eigenvalue weighted by Crippen LogP contribution is 2.36. The minimum Gasteiger partial charge on any atom is -0.508 e. The Hall–Kier alpha value is -3.52. The molecular formula is C22H19FN4O2S. The molecule has 6 nitrogen and oxygen atoms in total. The molecule has 4 rings (SSSR count). The molecule has 0 unspecified atom stereocenters. The van der Waals surface area contributed by atoms with Crippen LogP contribution in [-0.4, -0.2) is 34.6 Å². The SMILES string of the molecule is CN(C(=O)CCNc1ncnc2scc(-c3ccc(F)cc3)c12)c1ccc(O)cc1. The van der Waals surface area contributed by atoms with Gasteiger partial charge < -0.3 is 15.3 Å². The smallest absolute Gasteiger partial charge is 0.228 e. The van der Waals surface area contributed by atoms with E-state index in [9.17, 15) is 14.3 Å². The van der Waals surface area contributed by atoms with Crippen molar-refractivity contribution in [2.45, 2.75) is 6.42 Å². The molecule has 0 spiro atoms. The summed E-state index contributed by atoms with van der Waals surface area (Å²) in [6, 6.07) is 12.8. The van der Waals surface area contributed by atoms with Gasteiger partial charge in [0.2, 0.25) is 5.91 Å². The maximum absolute atomic E-state index is 13.3. The van der Waals surface area contributed by atoms with Gasteiger partial charge in [-0.05, 0) is 42.0 Å². The van der Waals surface area contributed by atoms with E-state index in [0.29, 0.717) is 18.1 Å². The number of aromatic nitrogens is 2. The zero-order chi connectivity index (χ0) is 21.1. The Morgan fingerprint density at radius 3 is 2.60 bits per heavy atom. The van der Waals surface area contributed by atoms with Gasteiger partial charge in [0.15, 0.2) is 0 Å². The summed E-state index contributed by atoms with van der Waals surface area (Å²) < 4.78 is 13.3. The van der Waals surface area contributed by atoms with Crippen molar-refractivity contribution in [3.05, 3.63) is 66.1 Å². The van der Waals surface area contributed by atoms with E-state index in [1.807, 2.05) is 5.38 Å². The number of fused-ring (bicyclic) bond motifs is 1. The maximum atomic E-state index is 13.3. The fraction of sp³-hybridized carbons (Fsp3) is 0.136. The van der Waals surface area contributed by atoms with Gasteiger partial charge in [-0.25, -0.2) is 14.4 Å². The summed E-state index contributed by atoms with van der Waals surface area (Å²) in [6.45, 7) is 0.395. The molecule has 8 heteroatoms. The summed E-state index contributed by atoms with van der Waals surface area (Å²) >= 11 is 1.49. The Kier molecular flexibility index (Phi) is 5.58. The lowest BCUT2D eigenvalue weighted by atomic mass is 10.1. The van der Waals surface area contributed by atoms with Crippen molar-refractivity contribution in [3.8, 4) is 16.9 Å². The Morgan fingerprint density at radius 1 is 1.13 bits per heavy atom. The summed E-state index contributed by atoms with van der Waals surface area (Å²) in [5.74, 6) is 0.439. The number of phenols is 1. The highest BCUT2D eigenvalue weighted by Gasteiger charge is 2.15. The molecule has 0 bridgehead atoms. The number of halogens is 1. The topological polar surface area (TPSA) is 78.4 Å². The molecule has 0 aliphatic carbocycles. The van der Waals surface area contributed by atoms with Crippen LogP contribution < -0.4 is 10.2 Å². The number of hydrogen-bond acceptors (Lipinski definition) is 6. The van der Waals surface area contributed by atoms with Crippen LogP contribution in [0.4, 0.5) is 15.9 Å². The molecular weight excluding hydrogens is 403 g/mol. The van der Waals surface area contributed by atoms with Crippen LogP contribution in [0.15, 0.2) is 60.2 Å². The van der Waals surface area contributed by atoms with Crippen LogP contribution in [-0.2, 0) is 4.79 Å². The number of hydrogen-bond donors (Lipinski definition) is 2. The first-order valence-corrected chi connectivity index (χ1v) is 10.2. The number of carbonyl (C=O) groups is 1. The summed E-state index contributed by atoms with van der Waals surface area (Å²) in [4.78, 5) is 23.5. The van der Waals surface area contributed by atoms with Crippen LogP contribution >= 0.6 is 11.3 Å². The molecule has 0 saturated carbocycles. The molecule has 2 N–H and O–H groups in total. The van der Waals surface area contributed by atoms with Gasteiger partial charge in [-0.3, -0.25) is 4.79 Å². The van der Waals surface area contributed by atoms with Crippen molar-refractivity contribution in [1.82, 2.24) is 9.97 Å². The van der Waals surface area contributed by atoms with Gasteiger partial charge in [0, 0.05) is 36.6 Å². The lowest BCUT2D eigenvalue weighted by Crippen LogP contribution is -2.27. The summed E-state index contributed by atoms with van der Waals surface area (Å²) in [5, 5.41) is 15.5. The number of nitrogens with zero attached hydrogens (tertiary/aromatic N) is 3. The number of phenolic OH excluding ortho intramolecular Hbond substituents is 1. The quantitative estimate of drug-likeness (QED) is 0.472. The molecule has 0 fully saturated rings. The monoisotopic (exact) mass is 422 g/mol. The third-order valence-corrected chi connectivity index (χ3v) is 5.65. The van der Waals surface area contributed by atoms with E-state index in [1.165, 1.54) is 29.8 Å². The zero-order valence-electron chi connectivity index (χ0n) is 16.2. The Bertz CT molecular complexity index is 1180. The van der Waals surface area contributed by atoms with Crippen LogP contribution in [0.5, 0.6) is 5.75 Å². The molecule has 0 saturated heterocycles. The van der Waals surface area contributed by atoms with Crippen LogP contribution in [0.3, 0.4) is 0 Å². The molecule has 4 aromatic rings. The average molecular weight is 422 g/mol. The average Bonchev–Trinajstić information content (AvgIpc) is 3.19. The predicted octanol–water partition coefficient (Wildman–Crippen LogP) is 4.67. The van der Waals surface area contributed by atoms with E-state index in [2.05, 4.69) is 15.3 Å². The lowest BCUT2D eigenvalue weighted by molar-refractivity contribution is -0.118. The number of anilines is 2. The molecule has 0 aliphatic rings. The zero-order valence-corrected chi connectivity index (χ0v) is 17.0. The molecule has 0 aliphatic heterocycles. The van der Waals surface area contributed by atoms with Gasteiger partial charge in [0.05, 0.1) is 5.39 Å². The van der Waals surface area contributed by atoms with Gasteiger partial charge in [0.25, 0.3) is 0 Å². The highest BCUT2D eigenvalue weighted by molar-refractivity contribution is 7.17. The van der Waals surface area contributed by atoms with Gasteiger partial charge in [0.1, 0.15) is 28.5 Å². The molecule has 2 aromatic carbocycles. The van der Waals surface area contributed by atoms with Crippen LogP contribution in [0, 0.1) is 5.82 Å². The normalized spacial score (nSPS) is 10.9. The van der Waals surface area contributed by atoms with Crippen molar-refractivity contribution < 1.29 is 14.3 Å². The van der Waals surface area contributed by atoms with E-state index in [1.54, 1.807) is 48.3 Å². The van der Waals surface area contributed by atoms with Gasteiger partial charge in [-0.1, -0.05) is 12.1 Å². The highest BCUT2D eigenvalue weighted by atomic mass is 32.1. The van der Waals surface area contributed by atoms with Crippen molar-refractivity contribution in [2.24, 2.45) is 0 Å². The van der Waals surface area contributed by atoms with Crippen LogP contribution in [0.1, 0.15) is 6.42 Å². The molecule has 0 atom stereocenters. The van der Waals surface area contributed by atoms with E-state index in [4.69, 9.17) is 0 Å². The Morgan fingerprint density at radius 2 is 1.87 bits per heavy atom. The second-order valence-corrected chi connectivity index (χ2v) is 7.56. The number of amides is 1. The Balaban J connectivity index is 1.49. The van der Waals surface area contributed by atoms with Crippen LogP contribution in [0.2, 0.25) is 0 Å². The number of thiophene rings is 1. The molecule has 30 heavy (non-hydrogen) atoms. The first kappa shape index (κ1) is 19.8. The van der Waals surface area contributed by atoms with Gasteiger partial charge in [-0.15, -0.1) is 11.3 Å². The van der Waals surface area contributed by atoms with E-state index in [-0.39, 0.29) is 23.9 Å². The van der Waals surface area contributed by atoms with Crippen molar-refractivity contribution in [1.29, 1.82) is 0 Å². The van der Waals surface area contributed by atoms with E-state index < -0.39 is 0 Å². The summed E-state index contributed by atoms with van der Waals surface area (Å²) in [5.41, 5.74) is 2.51. The molecule has 152 valence electrons. The second-order valence-electron chi connectivity index (χ2n) is 6.70. The maximum Gasteiger partial charge on any atom is 0.228 e. The molecule has 0 radical (unpaired) electrons. The summed E-state index contributed by atoms with van der Waals surface area (Å²) in [7, 11) is 1.70. The second kappa shape index (κ2) is 8.46. The number of carbonyl (C=O) groups excluding carboxylic acids is 1. The van der Waals surface area contributed by atoms with Crippen molar-refractivity contribution in [2.75, 3.05) is 23.8 Å². The van der Waals surface area contributed by atoms with Crippen molar-refractivity contribution >= 4 is 39.0 Å². The third-order valence-electron chi connectivity index (χ3n) is 4.77. The molecule has 1 amide bonds. The number of nitrogens with one attached hydrogen (secondary N) is 1. The van der Waals surface area contributed by atoms with Gasteiger partial charge >= 0.3 is 0 Å². The van der Waals surface area contributed by atoms with E-state index in [0.717, 1.165) is 21.3 Å². The Labute approximate surface area is 176 Å². The number of rotatable bonds is 6. The fourth-order valence-corrected chi connectivity index (χ4v) is 4.04. The third kappa shape index (κ3) is 4.08. The number of aromatic hydroxyl groups is 1. The molecule has 2 aromatic heterocycles. The van der Waals surface area contributed by atoms with Crippen molar-refractivity contribution in [3.63, 3.8) is 0 Å². The fourth-order valence-electron chi connectivity index (χ4n) is 3.13. The standard InChI is InChI=1S/C22H19FN4O2S/c1-27(16-6-8-17(28)9-7-16)19(29)10-11-24-21-20-18(12-30-22(20)26-13-25-21)14-2-4-15(23)5-3-14/h2-9,12-13,28H,10-11H2,1H3,(H,24,25,26). The first-order valence-electron chi connectivity index (χ1n) is 9.30. The van der Waals surface area contributed by atoms with Crippen LogP contribution in [0.25, 0.3) is 21.3 Å². The predicted molar refractivity (Wildman–Crippen MR) is 117 cm³/mol. The molecule has 2 heterocycles.